The Morgan fingerprint density at radius 2 is 1.90 bits per heavy atom. The number of nitrogens with zero attached hydrogens (tertiary/aromatic N) is 1. The molecule has 1 aromatic carbocycles. The van der Waals surface area contributed by atoms with E-state index < -0.39 is 10.0 Å². The van der Waals surface area contributed by atoms with E-state index in [4.69, 9.17) is 0 Å². The monoisotopic (exact) mass is 311 g/mol. The van der Waals surface area contributed by atoms with Crippen LogP contribution < -0.4 is 10.6 Å². The largest absolute Gasteiger partial charge is 0.326 e. The third-order valence-corrected chi connectivity index (χ3v) is 5.48. The molecule has 2 unspecified atom stereocenters. The molecule has 1 saturated heterocycles. The summed E-state index contributed by atoms with van der Waals surface area (Å²) in [4.78, 5) is 11.2. The Morgan fingerprint density at radius 3 is 2.48 bits per heavy atom. The number of rotatable bonds is 3. The van der Waals surface area contributed by atoms with Crippen LogP contribution in [0.1, 0.15) is 20.8 Å². The van der Waals surface area contributed by atoms with E-state index in [1.807, 2.05) is 13.8 Å². The summed E-state index contributed by atoms with van der Waals surface area (Å²) in [6, 6.07) is 6.31. The summed E-state index contributed by atoms with van der Waals surface area (Å²) >= 11 is 0. The van der Waals surface area contributed by atoms with Gasteiger partial charge in [0.05, 0.1) is 4.90 Å². The summed E-state index contributed by atoms with van der Waals surface area (Å²) in [6.07, 6.45) is 0. The van der Waals surface area contributed by atoms with E-state index in [1.165, 1.54) is 23.4 Å². The number of piperazine rings is 1. The molecule has 1 aliphatic rings. The molecular weight excluding hydrogens is 290 g/mol. The van der Waals surface area contributed by atoms with Crippen LogP contribution in [0.4, 0.5) is 5.69 Å². The lowest BCUT2D eigenvalue weighted by atomic mass is 10.2. The van der Waals surface area contributed by atoms with E-state index in [9.17, 15) is 13.2 Å². The fourth-order valence-electron chi connectivity index (χ4n) is 2.37. The van der Waals surface area contributed by atoms with Crippen LogP contribution in [0.2, 0.25) is 0 Å². The zero-order valence-corrected chi connectivity index (χ0v) is 13.3. The minimum atomic E-state index is -3.51. The van der Waals surface area contributed by atoms with Crippen molar-refractivity contribution in [2.24, 2.45) is 0 Å². The average molecular weight is 311 g/mol. The van der Waals surface area contributed by atoms with Gasteiger partial charge in [-0.1, -0.05) is 0 Å². The Labute approximate surface area is 125 Å². The lowest BCUT2D eigenvalue weighted by Gasteiger charge is -2.36. The Morgan fingerprint density at radius 1 is 1.29 bits per heavy atom. The molecule has 7 heteroatoms. The highest BCUT2D eigenvalue weighted by Crippen LogP contribution is 2.22. The van der Waals surface area contributed by atoms with Gasteiger partial charge in [-0.3, -0.25) is 4.79 Å². The van der Waals surface area contributed by atoms with Gasteiger partial charge in [0.15, 0.2) is 0 Å². The first-order chi connectivity index (χ1) is 9.80. The predicted octanol–water partition coefficient (Wildman–Crippen LogP) is 1.02. The molecule has 21 heavy (non-hydrogen) atoms. The van der Waals surface area contributed by atoms with Crippen LogP contribution in [0.25, 0.3) is 0 Å². The molecule has 0 spiro atoms. The number of sulfonamides is 1. The van der Waals surface area contributed by atoms with Crippen molar-refractivity contribution in [3.63, 3.8) is 0 Å². The molecule has 0 radical (unpaired) electrons. The Bertz CT molecular complexity index is 613. The minimum absolute atomic E-state index is 0.0822. The summed E-state index contributed by atoms with van der Waals surface area (Å²) in [5, 5.41) is 5.88. The number of anilines is 1. The predicted molar refractivity (Wildman–Crippen MR) is 81.6 cm³/mol. The van der Waals surface area contributed by atoms with Gasteiger partial charge in [-0.05, 0) is 38.1 Å². The van der Waals surface area contributed by atoms with Crippen LogP contribution in [-0.4, -0.2) is 43.8 Å². The number of carbonyl (C=O) groups is 1. The minimum Gasteiger partial charge on any atom is -0.326 e. The second-order valence-corrected chi connectivity index (χ2v) is 7.33. The zero-order chi connectivity index (χ0) is 15.6. The molecule has 116 valence electrons. The molecule has 1 fully saturated rings. The normalized spacial score (nSPS) is 23.8. The summed E-state index contributed by atoms with van der Waals surface area (Å²) in [5.41, 5.74) is 0.586. The standard InChI is InChI=1S/C14H21N3O3S/c1-10-9-17(11(2)8-15-10)21(19,20)14-6-4-13(5-7-14)16-12(3)18/h4-7,10-11,15H,8-9H2,1-3H3,(H,16,18). The van der Waals surface area contributed by atoms with Gasteiger partial charge < -0.3 is 10.6 Å². The first-order valence-corrected chi connectivity index (χ1v) is 8.37. The van der Waals surface area contributed by atoms with Crippen molar-refractivity contribution in [1.29, 1.82) is 0 Å². The molecular formula is C14H21N3O3S. The first kappa shape index (κ1) is 15.9. The topological polar surface area (TPSA) is 78.5 Å². The Kier molecular flexibility index (Phi) is 4.65. The molecule has 0 aromatic heterocycles. The fourth-order valence-corrected chi connectivity index (χ4v) is 4.09. The Balaban J connectivity index is 2.24. The molecule has 1 aromatic rings. The van der Waals surface area contributed by atoms with Crippen molar-refractivity contribution < 1.29 is 13.2 Å². The number of hydrogen-bond donors (Lipinski definition) is 2. The highest BCUT2D eigenvalue weighted by Gasteiger charge is 2.33. The SMILES string of the molecule is CC(=O)Nc1ccc(S(=O)(=O)N2CC(C)NCC2C)cc1. The molecule has 1 amide bonds. The van der Waals surface area contributed by atoms with Gasteiger partial charge in [-0.2, -0.15) is 4.31 Å². The Hall–Kier alpha value is -1.44. The third-order valence-electron chi connectivity index (χ3n) is 3.49. The van der Waals surface area contributed by atoms with Crippen molar-refractivity contribution in [2.75, 3.05) is 18.4 Å². The number of nitrogens with one attached hydrogen (secondary N) is 2. The van der Waals surface area contributed by atoms with E-state index in [2.05, 4.69) is 10.6 Å². The van der Waals surface area contributed by atoms with Crippen molar-refractivity contribution in [3.05, 3.63) is 24.3 Å². The summed E-state index contributed by atoms with van der Waals surface area (Å²) < 4.78 is 26.9. The molecule has 0 bridgehead atoms. The van der Waals surface area contributed by atoms with Crippen molar-refractivity contribution >= 4 is 21.6 Å². The van der Waals surface area contributed by atoms with Crippen LogP contribution in [-0.2, 0) is 14.8 Å². The van der Waals surface area contributed by atoms with E-state index >= 15 is 0 Å². The highest BCUT2D eigenvalue weighted by atomic mass is 32.2. The maximum Gasteiger partial charge on any atom is 0.243 e. The van der Waals surface area contributed by atoms with E-state index in [-0.39, 0.29) is 22.9 Å². The number of hydrogen-bond acceptors (Lipinski definition) is 4. The van der Waals surface area contributed by atoms with E-state index in [1.54, 1.807) is 12.1 Å². The molecule has 2 N–H and O–H groups in total. The fraction of sp³-hybridized carbons (Fsp3) is 0.500. The van der Waals surface area contributed by atoms with Gasteiger partial charge in [0.2, 0.25) is 15.9 Å². The average Bonchev–Trinajstić information content (AvgIpc) is 2.41. The maximum absolute atomic E-state index is 12.7. The van der Waals surface area contributed by atoms with E-state index in [0.717, 1.165) is 0 Å². The van der Waals surface area contributed by atoms with Crippen molar-refractivity contribution in [1.82, 2.24) is 9.62 Å². The van der Waals surface area contributed by atoms with Crippen LogP contribution in [0, 0.1) is 0 Å². The van der Waals surface area contributed by atoms with Gasteiger partial charge in [0, 0.05) is 37.8 Å². The lowest BCUT2D eigenvalue weighted by Crippen LogP contribution is -2.56. The van der Waals surface area contributed by atoms with Crippen LogP contribution in [0.15, 0.2) is 29.2 Å². The summed E-state index contributed by atoms with van der Waals surface area (Å²) in [6.45, 7) is 6.37. The zero-order valence-electron chi connectivity index (χ0n) is 12.5. The summed E-state index contributed by atoms with van der Waals surface area (Å²) in [7, 11) is -3.51. The van der Waals surface area contributed by atoms with Crippen molar-refractivity contribution in [3.8, 4) is 0 Å². The highest BCUT2D eigenvalue weighted by molar-refractivity contribution is 7.89. The van der Waals surface area contributed by atoms with Gasteiger partial charge in [0.1, 0.15) is 0 Å². The molecule has 1 heterocycles. The molecule has 0 aliphatic carbocycles. The quantitative estimate of drug-likeness (QED) is 0.873. The molecule has 2 rings (SSSR count). The summed E-state index contributed by atoms with van der Waals surface area (Å²) in [5.74, 6) is -0.185. The second-order valence-electron chi connectivity index (χ2n) is 5.44. The van der Waals surface area contributed by atoms with Gasteiger partial charge in [0.25, 0.3) is 0 Å². The number of carbonyl (C=O) groups excluding carboxylic acids is 1. The smallest absolute Gasteiger partial charge is 0.243 e. The first-order valence-electron chi connectivity index (χ1n) is 6.93. The molecule has 2 atom stereocenters. The van der Waals surface area contributed by atoms with E-state index in [0.29, 0.717) is 18.8 Å². The van der Waals surface area contributed by atoms with Crippen LogP contribution in [0.5, 0.6) is 0 Å². The third kappa shape index (κ3) is 3.61. The van der Waals surface area contributed by atoms with Gasteiger partial charge in [-0.25, -0.2) is 8.42 Å². The van der Waals surface area contributed by atoms with Gasteiger partial charge in [-0.15, -0.1) is 0 Å². The van der Waals surface area contributed by atoms with Crippen LogP contribution >= 0.6 is 0 Å². The molecule has 0 saturated carbocycles. The number of amides is 1. The number of benzene rings is 1. The lowest BCUT2D eigenvalue weighted by molar-refractivity contribution is -0.114. The van der Waals surface area contributed by atoms with Crippen molar-refractivity contribution in [2.45, 2.75) is 37.8 Å². The molecule has 6 nitrogen and oxygen atoms in total. The maximum atomic E-state index is 12.7. The van der Waals surface area contributed by atoms with Crippen LogP contribution in [0.3, 0.4) is 0 Å². The van der Waals surface area contributed by atoms with Gasteiger partial charge >= 0.3 is 0 Å². The molecule has 1 aliphatic heterocycles. The second kappa shape index (κ2) is 6.13.